The predicted octanol–water partition coefficient (Wildman–Crippen LogP) is 0.952. The zero-order chi connectivity index (χ0) is 10.7. The first-order chi connectivity index (χ1) is 7.31. The zero-order valence-electron chi connectivity index (χ0n) is 9.29. The van der Waals surface area contributed by atoms with Gasteiger partial charge in [-0.15, -0.1) is 0 Å². The average Bonchev–Trinajstić information content (AvgIpc) is 2.67. The molecule has 0 radical (unpaired) electrons. The van der Waals surface area contributed by atoms with E-state index in [0.29, 0.717) is 0 Å². The second-order valence-electron chi connectivity index (χ2n) is 3.94. The van der Waals surface area contributed by atoms with Gasteiger partial charge in [0.2, 0.25) is 5.88 Å². The van der Waals surface area contributed by atoms with E-state index in [1.165, 1.54) is 12.0 Å². The van der Waals surface area contributed by atoms with Crippen LogP contribution in [0.3, 0.4) is 0 Å². The van der Waals surface area contributed by atoms with Gasteiger partial charge in [0.15, 0.2) is 0 Å². The Morgan fingerprint density at radius 3 is 3.13 bits per heavy atom. The predicted molar refractivity (Wildman–Crippen MR) is 58.1 cm³/mol. The standard InChI is InChI=1S/C11H17N3O/c1-8(6-12-2)15-11-9-4-3-5-10(9)13-7-14-11/h7-8,12H,3-6H2,1-2H3. The van der Waals surface area contributed by atoms with Gasteiger partial charge in [0.1, 0.15) is 12.4 Å². The van der Waals surface area contributed by atoms with Crippen molar-refractivity contribution in [2.75, 3.05) is 13.6 Å². The minimum Gasteiger partial charge on any atom is -0.473 e. The molecule has 0 spiro atoms. The third kappa shape index (κ3) is 2.26. The van der Waals surface area contributed by atoms with Crippen molar-refractivity contribution in [3.8, 4) is 5.88 Å². The first kappa shape index (κ1) is 10.4. The summed E-state index contributed by atoms with van der Waals surface area (Å²) in [7, 11) is 1.92. The largest absolute Gasteiger partial charge is 0.473 e. The fraction of sp³-hybridized carbons (Fsp3) is 0.636. The molecule has 0 saturated heterocycles. The smallest absolute Gasteiger partial charge is 0.220 e. The van der Waals surface area contributed by atoms with Crippen LogP contribution in [0.1, 0.15) is 24.6 Å². The van der Waals surface area contributed by atoms with Crippen molar-refractivity contribution in [2.45, 2.75) is 32.3 Å². The van der Waals surface area contributed by atoms with Gasteiger partial charge in [-0.05, 0) is 33.2 Å². The summed E-state index contributed by atoms with van der Waals surface area (Å²) in [6.45, 7) is 2.87. The molecule has 0 amide bonds. The van der Waals surface area contributed by atoms with Crippen LogP contribution in [0.4, 0.5) is 0 Å². The lowest BCUT2D eigenvalue weighted by atomic mass is 10.2. The number of hydrogen-bond donors (Lipinski definition) is 1. The molecule has 1 aliphatic rings. The fourth-order valence-corrected chi connectivity index (χ4v) is 1.95. The van der Waals surface area contributed by atoms with Crippen LogP contribution in [0, 0.1) is 0 Å². The molecular formula is C11H17N3O. The quantitative estimate of drug-likeness (QED) is 0.798. The van der Waals surface area contributed by atoms with E-state index in [4.69, 9.17) is 4.74 Å². The molecule has 2 rings (SSSR count). The highest BCUT2D eigenvalue weighted by Gasteiger charge is 2.19. The van der Waals surface area contributed by atoms with Gasteiger partial charge in [0.25, 0.3) is 0 Å². The summed E-state index contributed by atoms with van der Waals surface area (Å²) in [5.74, 6) is 0.778. The second-order valence-corrected chi connectivity index (χ2v) is 3.94. The van der Waals surface area contributed by atoms with Gasteiger partial charge in [0.05, 0.1) is 5.69 Å². The van der Waals surface area contributed by atoms with Crippen molar-refractivity contribution >= 4 is 0 Å². The minimum atomic E-state index is 0.148. The average molecular weight is 207 g/mol. The molecule has 1 aromatic rings. The molecule has 0 bridgehead atoms. The lowest BCUT2D eigenvalue weighted by Gasteiger charge is -2.15. The van der Waals surface area contributed by atoms with Crippen LogP contribution in [0.5, 0.6) is 5.88 Å². The van der Waals surface area contributed by atoms with Gasteiger partial charge in [-0.3, -0.25) is 0 Å². The van der Waals surface area contributed by atoms with Gasteiger partial charge in [-0.1, -0.05) is 0 Å². The first-order valence-corrected chi connectivity index (χ1v) is 5.45. The van der Waals surface area contributed by atoms with E-state index in [9.17, 15) is 0 Å². The molecular weight excluding hydrogens is 190 g/mol. The number of nitrogens with one attached hydrogen (secondary N) is 1. The zero-order valence-corrected chi connectivity index (χ0v) is 9.29. The van der Waals surface area contributed by atoms with Crippen LogP contribution < -0.4 is 10.1 Å². The summed E-state index contributed by atoms with van der Waals surface area (Å²) < 4.78 is 5.78. The van der Waals surface area contributed by atoms with E-state index in [1.807, 2.05) is 14.0 Å². The third-order valence-corrected chi connectivity index (χ3v) is 2.64. The summed E-state index contributed by atoms with van der Waals surface area (Å²) in [6.07, 6.45) is 5.04. The van der Waals surface area contributed by atoms with Gasteiger partial charge in [-0.25, -0.2) is 9.97 Å². The molecule has 1 aliphatic carbocycles. The Labute approximate surface area is 90.1 Å². The highest BCUT2D eigenvalue weighted by Crippen LogP contribution is 2.27. The number of aromatic nitrogens is 2. The topological polar surface area (TPSA) is 47.0 Å². The number of likely N-dealkylation sites (N-methyl/N-ethyl adjacent to an activating group) is 1. The van der Waals surface area contributed by atoms with E-state index in [-0.39, 0.29) is 6.10 Å². The lowest BCUT2D eigenvalue weighted by molar-refractivity contribution is 0.209. The molecule has 1 N–H and O–H groups in total. The van der Waals surface area contributed by atoms with Gasteiger partial charge >= 0.3 is 0 Å². The Hall–Kier alpha value is -1.16. The highest BCUT2D eigenvalue weighted by molar-refractivity contribution is 5.33. The normalized spacial score (nSPS) is 16.1. The van der Waals surface area contributed by atoms with Crippen molar-refractivity contribution in [2.24, 2.45) is 0 Å². The number of rotatable bonds is 4. The fourth-order valence-electron chi connectivity index (χ4n) is 1.95. The van der Waals surface area contributed by atoms with E-state index >= 15 is 0 Å². The maximum absolute atomic E-state index is 5.78. The molecule has 0 aliphatic heterocycles. The van der Waals surface area contributed by atoms with Gasteiger partial charge < -0.3 is 10.1 Å². The molecule has 1 heterocycles. The SMILES string of the molecule is CNCC(C)Oc1ncnc2c1CCC2. The second kappa shape index (κ2) is 4.57. The summed E-state index contributed by atoms with van der Waals surface area (Å²) in [5, 5.41) is 3.09. The Kier molecular flexibility index (Phi) is 3.16. The number of aryl methyl sites for hydroxylation is 1. The van der Waals surface area contributed by atoms with E-state index in [1.54, 1.807) is 6.33 Å². The highest BCUT2D eigenvalue weighted by atomic mass is 16.5. The molecule has 4 nitrogen and oxygen atoms in total. The van der Waals surface area contributed by atoms with E-state index in [0.717, 1.165) is 31.0 Å². The summed E-state index contributed by atoms with van der Waals surface area (Å²) >= 11 is 0. The maximum Gasteiger partial charge on any atom is 0.220 e. The summed E-state index contributed by atoms with van der Waals surface area (Å²) in [4.78, 5) is 8.48. The monoisotopic (exact) mass is 207 g/mol. The third-order valence-electron chi connectivity index (χ3n) is 2.64. The molecule has 1 aromatic heterocycles. The molecule has 82 valence electrons. The molecule has 0 aromatic carbocycles. The van der Waals surface area contributed by atoms with Crippen LogP contribution in [0.25, 0.3) is 0 Å². The molecule has 0 saturated carbocycles. The van der Waals surface area contributed by atoms with Crippen molar-refractivity contribution in [3.63, 3.8) is 0 Å². The van der Waals surface area contributed by atoms with E-state index in [2.05, 4.69) is 15.3 Å². The van der Waals surface area contributed by atoms with Crippen LogP contribution in [0.15, 0.2) is 6.33 Å². The lowest BCUT2D eigenvalue weighted by Crippen LogP contribution is -2.26. The summed E-state index contributed by atoms with van der Waals surface area (Å²) in [6, 6.07) is 0. The van der Waals surface area contributed by atoms with Gasteiger partial charge in [0, 0.05) is 12.1 Å². The molecule has 1 atom stereocenters. The van der Waals surface area contributed by atoms with Crippen molar-refractivity contribution in [1.82, 2.24) is 15.3 Å². The van der Waals surface area contributed by atoms with Crippen molar-refractivity contribution < 1.29 is 4.74 Å². The Balaban J connectivity index is 2.11. The number of nitrogens with zero attached hydrogens (tertiary/aromatic N) is 2. The Morgan fingerprint density at radius 1 is 1.47 bits per heavy atom. The number of hydrogen-bond acceptors (Lipinski definition) is 4. The molecule has 4 heteroatoms. The Morgan fingerprint density at radius 2 is 2.33 bits per heavy atom. The first-order valence-electron chi connectivity index (χ1n) is 5.45. The van der Waals surface area contributed by atoms with Crippen molar-refractivity contribution in [1.29, 1.82) is 0 Å². The minimum absolute atomic E-state index is 0.148. The Bertz CT molecular complexity index is 341. The van der Waals surface area contributed by atoms with Crippen LogP contribution >= 0.6 is 0 Å². The number of fused-ring (bicyclic) bond motifs is 1. The summed E-state index contributed by atoms with van der Waals surface area (Å²) in [5.41, 5.74) is 2.37. The molecule has 15 heavy (non-hydrogen) atoms. The van der Waals surface area contributed by atoms with Crippen LogP contribution in [0.2, 0.25) is 0 Å². The van der Waals surface area contributed by atoms with E-state index < -0.39 is 0 Å². The van der Waals surface area contributed by atoms with Crippen LogP contribution in [-0.2, 0) is 12.8 Å². The maximum atomic E-state index is 5.78. The van der Waals surface area contributed by atoms with Crippen LogP contribution in [-0.4, -0.2) is 29.7 Å². The number of ether oxygens (including phenoxy) is 1. The molecule has 1 unspecified atom stereocenters. The van der Waals surface area contributed by atoms with Crippen molar-refractivity contribution in [3.05, 3.63) is 17.6 Å². The molecule has 0 fully saturated rings. The van der Waals surface area contributed by atoms with Gasteiger partial charge in [-0.2, -0.15) is 0 Å².